The van der Waals surface area contributed by atoms with Crippen LogP contribution >= 0.6 is 0 Å². The van der Waals surface area contributed by atoms with Gasteiger partial charge in [0.15, 0.2) is 0 Å². The maximum absolute atomic E-state index is 2.43. The van der Waals surface area contributed by atoms with Crippen molar-refractivity contribution in [2.45, 2.75) is 136 Å². The van der Waals surface area contributed by atoms with Crippen LogP contribution in [0.1, 0.15) is 136 Å². The van der Waals surface area contributed by atoms with Crippen LogP contribution in [-0.4, -0.2) is 0 Å². The van der Waals surface area contributed by atoms with Crippen molar-refractivity contribution in [2.75, 3.05) is 0 Å². The van der Waals surface area contributed by atoms with E-state index in [1.54, 1.807) is 0 Å². The first-order valence-electron chi connectivity index (χ1n) is 11.5. The van der Waals surface area contributed by atoms with Crippen LogP contribution < -0.4 is 0 Å². The van der Waals surface area contributed by atoms with Gasteiger partial charge in [-0.05, 0) is 31.6 Å². The van der Waals surface area contributed by atoms with Crippen LogP contribution in [0.5, 0.6) is 0 Å². The summed E-state index contributed by atoms with van der Waals surface area (Å²) in [7, 11) is 0. The Hall–Kier alpha value is -0.260. The second kappa shape index (κ2) is 20.8. The summed E-state index contributed by atoms with van der Waals surface area (Å²) < 4.78 is 0. The Kier molecular flexibility index (Phi) is 20.6. The van der Waals surface area contributed by atoms with E-state index in [0.29, 0.717) is 0 Å². The van der Waals surface area contributed by atoms with Crippen molar-refractivity contribution in [1.82, 2.24) is 0 Å². The highest BCUT2D eigenvalue weighted by Gasteiger charge is 2.05. The van der Waals surface area contributed by atoms with Crippen LogP contribution in [0.4, 0.5) is 0 Å². The molecule has 0 saturated heterocycles. The van der Waals surface area contributed by atoms with Gasteiger partial charge in [-0.2, -0.15) is 0 Å². The van der Waals surface area contributed by atoms with Crippen molar-refractivity contribution in [3.63, 3.8) is 0 Å². The van der Waals surface area contributed by atoms with Gasteiger partial charge in [0.1, 0.15) is 0 Å². The molecule has 0 rings (SSSR count). The highest BCUT2D eigenvalue weighted by Crippen LogP contribution is 2.21. The van der Waals surface area contributed by atoms with Crippen LogP contribution in [0.25, 0.3) is 0 Å². The molecule has 0 aromatic rings. The standard InChI is InChI=1S/C24H48/c1-4-7-9-11-13-14-15-16-17-19-21-23-24(6-3)22-20-18-12-10-8-5-2/h14-15,24H,4-13,16-23H2,1-3H3. The molecule has 0 amide bonds. The van der Waals surface area contributed by atoms with Crippen LogP contribution in [0.15, 0.2) is 12.2 Å². The topological polar surface area (TPSA) is 0 Å². The normalized spacial score (nSPS) is 13.0. The molecule has 0 aliphatic carbocycles. The molecule has 144 valence electrons. The molecule has 0 fully saturated rings. The number of rotatable bonds is 19. The van der Waals surface area contributed by atoms with Crippen molar-refractivity contribution in [2.24, 2.45) is 5.92 Å². The van der Waals surface area contributed by atoms with E-state index in [-0.39, 0.29) is 0 Å². The molecule has 0 aliphatic heterocycles. The number of unbranched alkanes of at least 4 members (excludes halogenated alkanes) is 12. The van der Waals surface area contributed by atoms with Crippen molar-refractivity contribution in [3.05, 3.63) is 12.2 Å². The fourth-order valence-corrected chi connectivity index (χ4v) is 3.56. The highest BCUT2D eigenvalue weighted by molar-refractivity contribution is 4.81. The third-order valence-corrected chi connectivity index (χ3v) is 5.42. The van der Waals surface area contributed by atoms with Gasteiger partial charge >= 0.3 is 0 Å². The lowest BCUT2D eigenvalue weighted by Gasteiger charge is -2.14. The molecule has 0 N–H and O–H groups in total. The van der Waals surface area contributed by atoms with E-state index >= 15 is 0 Å². The van der Waals surface area contributed by atoms with E-state index in [0.717, 1.165) is 5.92 Å². The third-order valence-electron chi connectivity index (χ3n) is 5.42. The predicted molar refractivity (Wildman–Crippen MR) is 113 cm³/mol. The molecular formula is C24H48. The fourth-order valence-electron chi connectivity index (χ4n) is 3.56. The smallest absolute Gasteiger partial charge is 0.0351 e. The van der Waals surface area contributed by atoms with E-state index in [4.69, 9.17) is 0 Å². The first-order chi connectivity index (χ1) is 11.8. The number of hydrogen-bond acceptors (Lipinski definition) is 0. The molecular weight excluding hydrogens is 288 g/mol. The Morgan fingerprint density at radius 3 is 1.42 bits per heavy atom. The van der Waals surface area contributed by atoms with Gasteiger partial charge in [-0.25, -0.2) is 0 Å². The summed E-state index contributed by atoms with van der Waals surface area (Å²) in [6.45, 7) is 6.98. The molecule has 0 heteroatoms. The van der Waals surface area contributed by atoms with Crippen LogP contribution in [-0.2, 0) is 0 Å². The monoisotopic (exact) mass is 336 g/mol. The van der Waals surface area contributed by atoms with Crippen LogP contribution in [0.2, 0.25) is 0 Å². The minimum absolute atomic E-state index is 1.00. The number of hydrogen-bond donors (Lipinski definition) is 0. The SMILES string of the molecule is CCCCCCC=CCCCCCC(CC)CCCCCCCC. The Bertz CT molecular complexity index is 240. The molecule has 0 aliphatic rings. The maximum Gasteiger partial charge on any atom is -0.0351 e. The van der Waals surface area contributed by atoms with E-state index in [2.05, 4.69) is 32.9 Å². The number of allylic oxidation sites excluding steroid dienone is 2. The van der Waals surface area contributed by atoms with Crippen molar-refractivity contribution in [3.8, 4) is 0 Å². The Balaban J connectivity index is 3.35. The first kappa shape index (κ1) is 23.7. The van der Waals surface area contributed by atoms with Crippen LogP contribution in [0, 0.1) is 5.92 Å². The zero-order chi connectivity index (χ0) is 17.7. The molecule has 1 atom stereocenters. The highest BCUT2D eigenvalue weighted by atomic mass is 14.1. The summed E-state index contributed by atoms with van der Waals surface area (Å²) in [4.78, 5) is 0. The van der Waals surface area contributed by atoms with Crippen molar-refractivity contribution >= 4 is 0 Å². The molecule has 0 bridgehead atoms. The minimum atomic E-state index is 1.00. The summed E-state index contributed by atoms with van der Waals surface area (Å²) in [5.41, 5.74) is 0. The van der Waals surface area contributed by atoms with Crippen LogP contribution in [0.3, 0.4) is 0 Å². The van der Waals surface area contributed by atoms with Gasteiger partial charge in [0.05, 0.1) is 0 Å². The first-order valence-corrected chi connectivity index (χ1v) is 11.5. The average molecular weight is 337 g/mol. The summed E-state index contributed by atoms with van der Waals surface area (Å²) in [6, 6.07) is 0. The Morgan fingerprint density at radius 1 is 0.500 bits per heavy atom. The third kappa shape index (κ3) is 18.1. The molecule has 0 spiro atoms. The molecule has 0 heterocycles. The molecule has 1 unspecified atom stereocenters. The average Bonchev–Trinajstić information content (AvgIpc) is 2.60. The summed E-state index contributed by atoms with van der Waals surface area (Å²) in [6.07, 6.45) is 30.4. The van der Waals surface area contributed by atoms with E-state index in [1.165, 1.54) is 116 Å². The molecule has 0 saturated carbocycles. The minimum Gasteiger partial charge on any atom is -0.0885 e. The van der Waals surface area contributed by atoms with Gasteiger partial charge < -0.3 is 0 Å². The predicted octanol–water partition coefficient (Wildman–Crippen LogP) is 9.24. The van der Waals surface area contributed by atoms with Gasteiger partial charge in [0.25, 0.3) is 0 Å². The Labute approximate surface area is 154 Å². The zero-order valence-corrected chi connectivity index (χ0v) is 17.5. The lowest BCUT2D eigenvalue weighted by Crippen LogP contribution is -1.99. The van der Waals surface area contributed by atoms with Gasteiger partial charge in [-0.15, -0.1) is 0 Å². The van der Waals surface area contributed by atoms with E-state index in [9.17, 15) is 0 Å². The van der Waals surface area contributed by atoms with E-state index in [1.807, 2.05) is 0 Å². The summed E-state index contributed by atoms with van der Waals surface area (Å²) in [5.74, 6) is 1.00. The molecule has 0 aromatic heterocycles. The molecule has 0 aromatic carbocycles. The largest absolute Gasteiger partial charge is 0.0885 e. The van der Waals surface area contributed by atoms with Gasteiger partial charge in [-0.3, -0.25) is 0 Å². The molecule has 0 nitrogen and oxygen atoms in total. The van der Waals surface area contributed by atoms with Gasteiger partial charge in [-0.1, -0.05) is 123 Å². The molecule has 24 heavy (non-hydrogen) atoms. The fraction of sp³-hybridized carbons (Fsp3) is 0.917. The lowest BCUT2D eigenvalue weighted by molar-refractivity contribution is 0.395. The van der Waals surface area contributed by atoms with Crippen molar-refractivity contribution < 1.29 is 0 Å². The quantitative estimate of drug-likeness (QED) is 0.163. The van der Waals surface area contributed by atoms with Gasteiger partial charge in [0.2, 0.25) is 0 Å². The zero-order valence-electron chi connectivity index (χ0n) is 17.5. The van der Waals surface area contributed by atoms with E-state index < -0.39 is 0 Å². The molecule has 0 radical (unpaired) electrons. The Morgan fingerprint density at radius 2 is 0.917 bits per heavy atom. The summed E-state index contributed by atoms with van der Waals surface area (Å²) in [5, 5.41) is 0. The van der Waals surface area contributed by atoms with Crippen molar-refractivity contribution in [1.29, 1.82) is 0 Å². The lowest BCUT2D eigenvalue weighted by atomic mass is 9.92. The summed E-state index contributed by atoms with van der Waals surface area (Å²) >= 11 is 0. The second-order valence-electron chi connectivity index (χ2n) is 7.79. The maximum atomic E-state index is 2.43. The second-order valence-corrected chi connectivity index (χ2v) is 7.79. The van der Waals surface area contributed by atoms with Gasteiger partial charge in [0, 0.05) is 0 Å².